The van der Waals surface area contributed by atoms with E-state index in [9.17, 15) is 5.11 Å². The van der Waals surface area contributed by atoms with E-state index >= 15 is 0 Å². The topological polar surface area (TPSA) is 50.7 Å². The Morgan fingerprint density at radius 3 is 2.61 bits per heavy atom. The van der Waals surface area contributed by atoms with E-state index < -0.39 is 0 Å². The molecule has 0 aromatic heterocycles. The summed E-state index contributed by atoms with van der Waals surface area (Å²) >= 11 is 0. The first kappa shape index (κ1) is 13.0. The van der Waals surface area contributed by atoms with Crippen LogP contribution in [0, 0.1) is 11.8 Å². The molecule has 4 nitrogen and oxygen atoms in total. The maximum atomic E-state index is 9.28. The second kappa shape index (κ2) is 5.96. The molecule has 0 fully saturated rings. The van der Waals surface area contributed by atoms with Gasteiger partial charge in [0, 0.05) is 30.8 Å². The Bertz CT molecular complexity index is 393. The summed E-state index contributed by atoms with van der Waals surface area (Å²) in [6.45, 7) is 6.41. The fraction of sp³-hybridized carbons (Fsp3) is 0.571. The van der Waals surface area contributed by atoms with Crippen molar-refractivity contribution in [1.29, 1.82) is 0 Å². The Morgan fingerprint density at radius 1 is 1.22 bits per heavy atom. The molecule has 2 rings (SSSR count). The van der Waals surface area contributed by atoms with Crippen molar-refractivity contribution in [2.75, 3.05) is 31.7 Å². The molecule has 0 radical (unpaired) electrons. The highest BCUT2D eigenvalue weighted by Crippen LogP contribution is 2.32. The predicted molar refractivity (Wildman–Crippen MR) is 71.3 cm³/mol. The summed E-state index contributed by atoms with van der Waals surface area (Å²) in [5.41, 5.74) is 0.998. The fourth-order valence-electron chi connectivity index (χ4n) is 1.91. The number of benzene rings is 1. The lowest BCUT2D eigenvalue weighted by molar-refractivity contribution is 0.171. The molecule has 1 unspecified atom stereocenters. The van der Waals surface area contributed by atoms with Crippen molar-refractivity contribution >= 4 is 5.69 Å². The van der Waals surface area contributed by atoms with Gasteiger partial charge in [-0.1, -0.05) is 13.8 Å². The molecule has 1 heterocycles. The zero-order chi connectivity index (χ0) is 13.0. The monoisotopic (exact) mass is 251 g/mol. The third kappa shape index (κ3) is 3.07. The summed E-state index contributed by atoms with van der Waals surface area (Å²) in [4.78, 5) is 0. The Hall–Kier alpha value is -1.42. The highest BCUT2D eigenvalue weighted by Gasteiger charge is 2.14. The zero-order valence-electron chi connectivity index (χ0n) is 11.0. The van der Waals surface area contributed by atoms with Gasteiger partial charge in [0.25, 0.3) is 0 Å². The predicted octanol–water partition coefficient (Wildman–Crippen LogP) is 2.13. The number of hydrogen-bond donors (Lipinski definition) is 2. The number of aliphatic hydroxyl groups is 1. The average Bonchev–Trinajstić information content (AvgIpc) is 2.39. The normalized spacial score (nSPS) is 15.6. The standard InChI is InChI=1S/C14H21NO3/c1-10(2)11(9-16)8-15-12-3-4-13-14(7-12)18-6-5-17-13/h3-4,7,10-11,15-16H,5-6,8-9H2,1-2H3. The van der Waals surface area contributed by atoms with Crippen molar-refractivity contribution in [3.05, 3.63) is 18.2 Å². The van der Waals surface area contributed by atoms with Crippen LogP contribution in [0.2, 0.25) is 0 Å². The first-order chi connectivity index (χ1) is 8.70. The fourth-order valence-corrected chi connectivity index (χ4v) is 1.91. The number of fused-ring (bicyclic) bond motifs is 1. The molecule has 4 heteroatoms. The van der Waals surface area contributed by atoms with E-state index in [0.29, 0.717) is 19.1 Å². The molecule has 0 saturated carbocycles. The lowest BCUT2D eigenvalue weighted by atomic mass is 9.97. The third-order valence-corrected chi connectivity index (χ3v) is 3.29. The van der Waals surface area contributed by atoms with Crippen molar-refractivity contribution in [2.45, 2.75) is 13.8 Å². The molecule has 0 spiro atoms. The highest BCUT2D eigenvalue weighted by molar-refractivity contribution is 5.55. The van der Waals surface area contributed by atoms with Gasteiger partial charge < -0.3 is 19.9 Å². The van der Waals surface area contributed by atoms with Gasteiger partial charge in [-0.05, 0) is 18.1 Å². The largest absolute Gasteiger partial charge is 0.486 e. The van der Waals surface area contributed by atoms with Crippen molar-refractivity contribution in [2.24, 2.45) is 11.8 Å². The SMILES string of the molecule is CC(C)C(CO)CNc1ccc2c(c1)OCCO2. The van der Waals surface area contributed by atoms with Crippen molar-refractivity contribution in [1.82, 2.24) is 0 Å². The second-order valence-corrected chi connectivity index (χ2v) is 4.93. The first-order valence-corrected chi connectivity index (χ1v) is 6.45. The van der Waals surface area contributed by atoms with Crippen molar-refractivity contribution in [3.8, 4) is 11.5 Å². The molecule has 0 bridgehead atoms. The van der Waals surface area contributed by atoms with Crippen LogP contribution in [0.1, 0.15) is 13.8 Å². The molecule has 100 valence electrons. The number of anilines is 1. The summed E-state index contributed by atoms with van der Waals surface area (Å²) in [6, 6.07) is 5.84. The molecule has 0 saturated heterocycles. The number of nitrogens with one attached hydrogen (secondary N) is 1. The number of ether oxygens (including phenoxy) is 2. The van der Waals surface area contributed by atoms with Gasteiger partial charge in [-0.25, -0.2) is 0 Å². The van der Waals surface area contributed by atoms with Gasteiger partial charge in [0.1, 0.15) is 13.2 Å². The van der Waals surface area contributed by atoms with Crippen LogP contribution in [0.25, 0.3) is 0 Å². The molecule has 1 aromatic carbocycles. The molecule has 1 aliphatic rings. The highest BCUT2D eigenvalue weighted by atomic mass is 16.6. The molecule has 2 N–H and O–H groups in total. The summed E-state index contributed by atoms with van der Waals surface area (Å²) in [6.07, 6.45) is 0. The Kier molecular flexibility index (Phi) is 4.31. The summed E-state index contributed by atoms with van der Waals surface area (Å²) in [5.74, 6) is 2.31. The van der Waals surface area contributed by atoms with Gasteiger partial charge in [-0.2, -0.15) is 0 Å². The van der Waals surface area contributed by atoms with E-state index in [4.69, 9.17) is 9.47 Å². The molecule has 0 aliphatic carbocycles. The van der Waals surface area contributed by atoms with E-state index in [1.807, 2.05) is 18.2 Å². The quantitative estimate of drug-likeness (QED) is 0.841. The van der Waals surface area contributed by atoms with Crippen LogP contribution in [-0.4, -0.2) is 31.5 Å². The zero-order valence-corrected chi connectivity index (χ0v) is 11.0. The van der Waals surface area contributed by atoms with Crippen molar-refractivity contribution in [3.63, 3.8) is 0 Å². The maximum absolute atomic E-state index is 9.28. The Balaban J connectivity index is 1.97. The van der Waals surface area contributed by atoms with Gasteiger partial charge >= 0.3 is 0 Å². The van der Waals surface area contributed by atoms with Crippen molar-refractivity contribution < 1.29 is 14.6 Å². The van der Waals surface area contributed by atoms with E-state index in [0.717, 1.165) is 23.7 Å². The average molecular weight is 251 g/mol. The van der Waals surface area contributed by atoms with E-state index in [-0.39, 0.29) is 12.5 Å². The molecule has 1 aromatic rings. The van der Waals surface area contributed by atoms with Gasteiger partial charge in [0.15, 0.2) is 11.5 Å². The maximum Gasteiger partial charge on any atom is 0.163 e. The molecule has 1 atom stereocenters. The molecular weight excluding hydrogens is 230 g/mol. The van der Waals surface area contributed by atoms with Gasteiger partial charge in [-0.3, -0.25) is 0 Å². The van der Waals surface area contributed by atoms with Crippen LogP contribution in [0.3, 0.4) is 0 Å². The number of hydrogen-bond acceptors (Lipinski definition) is 4. The minimum Gasteiger partial charge on any atom is -0.486 e. The second-order valence-electron chi connectivity index (χ2n) is 4.93. The van der Waals surface area contributed by atoms with E-state index in [1.165, 1.54) is 0 Å². The van der Waals surface area contributed by atoms with Crippen LogP contribution in [0.4, 0.5) is 5.69 Å². The van der Waals surface area contributed by atoms with Gasteiger partial charge in [0.05, 0.1) is 0 Å². The van der Waals surface area contributed by atoms with E-state index in [1.54, 1.807) is 0 Å². The number of aliphatic hydroxyl groups excluding tert-OH is 1. The first-order valence-electron chi connectivity index (χ1n) is 6.45. The Labute approximate surface area is 108 Å². The molecule has 0 amide bonds. The lowest BCUT2D eigenvalue weighted by Gasteiger charge is -2.21. The van der Waals surface area contributed by atoms with Gasteiger partial charge in [-0.15, -0.1) is 0 Å². The summed E-state index contributed by atoms with van der Waals surface area (Å²) in [7, 11) is 0. The van der Waals surface area contributed by atoms with Crippen LogP contribution in [-0.2, 0) is 0 Å². The molecule has 18 heavy (non-hydrogen) atoms. The minimum atomic E-state index is 0.204. The van der Waals surface area contributed by atoms with Crippen LogP contribution < -0.4 is 14.8 Å². The summed E-state index contributed by atoms with van der Waals surface area (Å²) in [5, 5.41) is 12.6. The lowest BCUT2D eigenvalue weighted by Crippen LogP contribution is -2.23. The summed E-state index contributed by atoms with van der Waals surface area (Å²) < 4.78 is 11.0. The minimum absolute atomic E-state index is 0.204. The van der Waals surface area contributed by atoms with Gasteiger partial charge in [0.2, 0.25) is 0 Å². The molecular formula is C14H21NO3. The third-order valence-electron chi connectivity index (χ3n) is 3.29. The van der Waals surface area contributed by atoms with Crippen LogP contribution in [0.15, 0.2) is 18.2 Å². The van der Waals surface area contributed by atoms with E-state index in [2.05, 4.69) is 19.2 Å². The smallest absolute Gasteiger partial charge is 0.163 e. The Morgan fingerprint density at radius 2 is 1.94 bits per heavy atom. The van der Waals surface area contributed by atoms with Crippen LogP contribution >= 0.6 is 0 Å². The molecule has 1 aliphatic heterocycles. The van der Waals surface area contributed by atoms with Crippen LogP contribution in [0.5, 0.6) is 11.5 Å². The number of rotatable bonds is 5.